The molecule has 2 fully saturated rings. The smallest absolute Gasteiger partial charge is 0.417 e. The zero-order valence-corrected chi connectivity index (χ0v) is 16.3. The zero-order valence-electron chi connectivity index (χ0n) is 15.5. The standard InChI is InChI=1S/C18H20F3NO6S/c1-11-10-14(17(24)27-11)28-16(23)12-6-8-22(9-7-12)29(25,26)15-5-3-2-4-13(15)18(19,20)21/h2-5,11-12,14H,6-10H2,1H3/t11-,14-/m0/s1. The van der Waals surface area contributed by atoms with E-state index in [1.807, 2.05) is 0 Å². The molecular formula is C18H20F3NO6S. The Kier molecular flexibility index (Phi) is 5.91. The van der Waals surface area contributed by atoms with Crippen molar-refractivity contribution < 1.29 is 40.7 Å². The van der Waals surface area contributed by atoms with Crippen LogP contribution in [-0.4, -0.2) is 50.0 Å². The highest BCUT2D eigenvalue weighted by Crippen LogP contribution is 2.36. The van der Waals surface area contributed by atoms with Gasteiger partial charge >= 0.3 is 18.1 Å². The Balaban J connectivity index is 1.66. The summed E-state index contributed by atoms with van der Waals surface area (Å²) >= 11 is 0. The summed E-state index contributed by atoms with van der Waals surface area (Å²) in [4.78, 5) is 23.0. The summed E-state index contributed by atoms with van der Waals surface area (Å²) in [5.74, 6) is -1.88. The largest absolute Gasteiger partial charge is 0.460 e. The monoisotopic (exact) mass is 435 g/mol. The van der Waals surface area contributed by atoms with Crippen molar-refractivity contribution in [2.45, 2.75) is 49.5 Å². The van der Waals surface area contributed by atoms with E-state index in [9.17, 15) is 31.2 Å². The van der Waals surface area contributed by atoms with Crippen molar-refractivity contribution in [3.63, 3.8) is 0 Å². The van der Waals surface area contributed by atoms with E-state index in [0.29, 0.717) is 0 Å². The SMILES string of the molecule is C[C@H]1C[C@H](OC(=O)C2CCN(S(=O)(=O)c3ccccc3C(F)(F)F)CC2)C(=O)O1. The number of alkyl halides is 3. The maximum Gasteiger partial charge on any atom is 0.417 e. The third kappa shape index (κ3) is 4.55. The van der Waals surface area contributed by atoms with Gasteiger partial charge in [-0.05, 0) is 31.9 Å². The number of rotatable bonds is 4. The molecule has 2 atom stereocenters. The number of benzene rings is 1. The molecule has 2 aliphatic heterocycles. The second-order valence-corrected chi connectivity index (χ2v) is 8.99. The van der Waals surface area contributed by atoms with E-state index in [1.165, 1.54) is 6.07 Å². The van der Waals surface area contributed by atoms with Gasteiger partial charge in [-0.25, -0.2) is 13.2 Å². The lowest BCUT2D eigenvalue weighted by Gasteiger charge is -2.31. The highest BCUT2D eigenvalue weighted by Gasteiger charge is 2.41. The van der Waals surface area contributed by atoms with Crippen LogP contribution in [0, 0.1) is 5.92 Å². The quantitative estimate of drug-likeness (QED) is 0.675. The van der Waals surface area contributed by atoms with E-state index in [2.05, 4.69) is 0 Å². The Labute approximate surface area is 165 Å². The Morgan fingerprint density at radius 1 is 1.21 bits per heavy atom. The molecule has 0 spiro atoms. The molecule has 0 bridgehead atoms. The maximum atomic E-state index is 13.2. The molecule has 0 saturated carbocycles. The van der Waals surface area contributed by atoms with Crippen LogP contribution in [-0.2, 0) is 35.3 Å². The van der Waals surface area contributed by atoms with Gasteiger partial charge in [-0.2, -0.15) is 17.5 Å². The predicted molar refractivity (Wildman–Crippen MR) is 93.0 cm³/mol. The molecule has 1 aromatic carbocycles. The number of piperidine rings is 1. The van der Waals surface area contributed by atoms with Crippen molar-refractivity contribution in [1.82, 2.24) is 4.31 Å². The van der Waals surface area contributed by atoms with E-state index in [0.717, 1.165) is 22.5 Å². The average molecular weight is 435 g/mol. The third-order valence-corrected chi connectivity index (χ3v) is 6.94. The molecule has 0 radical (unpaired) electrons. The van der Waals surface area contributed by atoms with Crippen LogP contribution in [0.3, 0.4) is 0 Å². The number of hydrogen-bond acceptors (Lipinski definition) is 6. The van der Waals surface area contributed by atoms with Gasteiger partial charge in [0, 0.05) is 19.5 Å². The van der Waals surface area contributed by atoms with Gasteiger partial charge in [0.05, 0.1) is 16.4 Å². The lowest BCUT2D eigenvalue weighted by Crippen LogP contribution is -2.41. The molecule has 29 heavy (non-hydrogen) atoms. The van der Waals surface area contributed by atoms with Crippen molar-refractivity contribution in [2.24, 2.45) is 5.92 Å². The molecule has 0 amide bonds. The van der Waals surface area contributed by atoms with Crippen molar-refractivity contribution in [3.05, 3.63) is 29.8 Å². The van der Waals surface area contributed by atoms with Gasteiger partial charge in [-0.15, -0.1) is 0 Å². The molecule has 0 unspecified atom stereocenters. The van der Waals surface area contributed by atoms with Crippen molar-refractivity contribution in [3.8, 4) is 0 Å². The van der Waals surface area contributed by atoms with E-state index >= 15 is 0 Å². The number of esters is 2. The Morgan fingerprint density at radius 3 is 2.38 bits per heavy atom. The van der Waals surface area contributed by atoms with Gasteiger partial charge < -0.3 is 9.47 Å². The Hall–Kier alpha value is -2.14. The van der Waals surface area contributed by atoms with Gasteiger partial charge in [0.15, 0.2) is 0 Å². The normalized spacial score (nSPS) is 24.3. The number of carbonyl (C=O) groups is 2. The molecule has 7 nitrogen and oxygen atoms in total. The minimum Gasteiger partial charge on any atom is -0.460 e. The van der Waals surface area contributed by atoms with Crippen molar-refractivity contribution in [1.29, 1.82) is 0 Å². The lowest BCUT2D eigenvalue weighted by molar-refractivity contribution is -0.164. The Morgan fingerprint density at radius 2 is 1.83 bits per heavy atom. The first-order valence-corrected chi connectivity index (χ1v) is 10.5. The molecule has 2 aliphatic rings. The van der Waals surface area contributed by atoms with Crippen LogP contribution < -0.4 is 0 Å². The number of hydrogen-bond donors (Lipinski definition) is 0. The topological polar surface area (TPSA) is 90.0 Å². The molecule has 1 aromatic rings. The summed E-state index contributed by atoms with van der Waals surface area (Å²) in [7, 11) is -4.38. The van der Waals surface area contributed by atoms with E-state index in [4.69, 9.17) is 9.47 Å². The summed E-state index contributed by atoms with van der Waals surface area (Å²) in [6.45, 7) is 1.42. The summed E-state index contributed by atoms with van der Waals surface area (Å²) < 4.78 is 76.1. The summed E-state index contributed by atoms with van der Waals surface area (Å²) in [5.41, 5.74) is -1.23. The van der Waals surface area contributed by atoms with Crippen LogP contribution in [0.15, 0.2) is 29.2 Å². The number of ether oxygens (including phenoxy) is 2. The molecule has 2 heterocycles. The van der Waals surface area contributed by atoms with Crippen molar-refractivity contribution >= 4 is 22.0 Å². The highest BCUT2D eigenvalue weighted by atomic mass is 32.2. The number of cyclic esters (lactones) is 1. The van der Waals surface area contributed by atoms with Crippen LogP contribution in [0.4, 0.5) is 13.2 Å². The second kappa shape index (κ2) is 7.94. The fourth-order valence-electron chi connectivity index (χ4n) is 3.45. The molecule has 3 rings (SSSR count). The number of sulfonamides is 1. The van der Waals surface area contributed by atoms with E-state index in [-0.39, 0.29) is 38.5 Å². The molecule has 160 valence electrons. The van der Waals surface area contributed by atoms with Gasteiger partial charge in [-0.1, -0.05) is 12.1 Å². The third-order valence-electron chi connectivity index (χ3n) is 4.98. The predicted octanol–water partition coefficient (Wildman–Crippen LogP) is 2.35. The van der Waals surface area contributed by atoms with Gasteiger partial charge in [0.2, 0.25) is 16.1 Å². The van der Waals surface area contributed by atoms with Crippen LogP contribution in [0.25, 0.3) is 0 Å². The van der Waals surface area contributed by atoms with Crippen LogP contribution >= 0.6 is 0 Å². The Bertz CT molecular complexity index is 893. The van der Waals surface area contributed by atoms with Gasteiger partial charge in [0.1, 0.15) is 6.10 Å². The minimum absolute atomic E-state index is 0.0869. The van der Waals surface area contributed by atoms with Crippen LogP contribution in [0.5, 0.6) is 0 Å². The first kappa shape index (κ1) is 21.6. The number of halogens is 3. The molecule has 0 aliphatic carbocycles. The van der Waals surface area contributed by atoms with Gasteiger partial charge in [0.25, 0.3) is 0 Å². The summed E-state index contributed by atoms with van der Waals surface area (Å²) in [6, 6.07) is 4.00. The minimum atomic E-state index is -4.81. The maximum absolute atomic E-state index is 13.2. The first-order chi connectivity index (χ1) is 13.5. The fourth-order valence-corrected chi connectivity index (χ4v) is 5.13. The lowest BCUT2D eigenvalue weighted by atomic mass is 9.98. The van der Waals surface area contributed by atoms with Crippen LogP contribution in [0.1, 0.15) is 31.7 Å². The highest BCUT2D eigenvalue weighted by molar-refractivity contribution is 7.89. The first-order valence-electron chi connectivity index (χ1n) is 9.07. The summed E-state index contributed by atoms with van der Waals surface area (Å²) in [5, 5.41) is 0. The van der Waals surface area contributed by atoms with E-state index in [1.54, 1.807) is 6.92 Å². The number of carbonyl (C=O) groups excluding carboxylic acids is 2. The molecule has 11 heteroatoms. The molecule has 0 N–H and O–H groups in total. The molecular weight excluding hydrogens is 415 g/mol. The molecule has 0 aromatic heterocycles. The van der Waals surface area contributed by atoms with Gasteiger partial charge in [-0.3, -0.25) is 4.79 Å². The number of nitrogens with zero attached hydrogens (tertiary/aromatic N) is 1. The van der Waals surface area contributed by atoms with Crippen molar-refractivity contribution in [2.75, 3.05) is 13.1 Å². The van der Waals surface area contributed by atoms with E-state index < -0.39 is 50.6 Å². The fraction of sp³-hybridized carbons (Fsp3) is 0.556. The molecule has 2 saturated heterocycles. The van der Waals surface area contributed by atoms with Crippen LogP contribution in [0.2, 0.25) is 0 Å². The summed E-state index contributed by atoms with van der Waals surface area (Å²) in [6.07, 6.45) is -5.70. The zero-order chi connectivity index (χ0) is 21.4. The second-order valence-electron chi connectivity index (χ2n) is 7.08. The average Bonchev–Trinajstić information content (AvgIpc) is 2.98.